The smallest absolute Gasteiger partial charge is 0.350 e. The maximum absolute atomic E-state index is 12.4. The van der Waals surface area contributed by atoms with Gasteiger partial charge in [-0.2, -0.15) is 0 Å². The Morgan fingerprint density at radius 1 is 1.32 bits per heavy atom. The molecule has 1 unspecified atom stereocenters. The first-order valence-electron chi connectivity index (χ1n) is 9.85. The Morgan fingerprint density at radius 3 is 2.75 bits per heavy atom. The molecule has 2 aromatic rings. The summed E-state index contributed by atoms with van der Waals surface area (Å²) < 4.78 is 16.9. The van der Waals surface area contributed by atoms with E-state index in [2.05, 4.69) is 18.7 Å². The van der Waals surface area contributed by atoms with Gasteiger partial charge in [0.2, 0.25) is 0 Å². The van der Waals surface area contributed by atoms with E-state index >= 15 is 0 Å². The standard InChI is InChI=1S/C20H27N3O4S/c1-4-20(3)10-12-13(11-27-20)17(23-6-8-25-9-7-23)22-18-14(12)15(21)16(28-18)19(24)26-5-2/h4-11,21H2,1-3H3. The number of morpholine rings is 1. The molecule has 0 radical (unpaired) electrons. The number of nitrogens with two attached hydrogens (primary N) is 1. The molecule has 28 heavy (non-hydrogen) atoms. The fourth-order valence-electron chi connectivity index (χ4n) is 3.88. The van der Waals surface area contributed by atoms with Gasteiger partial charge in [-0.05, 0) is 25.8 Å². The van der Waals surface area contributed by atoms with E-state index in [4.69, 9.17) is 24.9 Å². The first-order chi connectivity index (χ1) is 13.5. The van der Waals surface area contributed by atoms with Gasteiger partial charge in [-0.3, -0.25) is 0 Å². The summed E-state index contributed by atoms with van der Waals surface area (Å²) in [5, 5.41) is 0.892. The second kappa shape index (κ2) is 7.50. The van der Waals surface area contributed by atoms with Crippen molar-refractivity contribution in [1.29, 1.82) is 0 Å². The molecule has 7 nitrogen and oxygen atoms in total. The number of pyridine rings is 1. The van der Waals surface area contributed by atoms with Gasteiger partial charge in [0.05, 0.1) is 37.7 Å². The molecular formula is C20H27N3O4S. The van der Waals surface area contributed by atoms with Gasteiger partial charge in [0.1, 0.15) is 15.5 Å². The molecule has 0 bridgehead atoms. The van der Waals surface area contributed by atoms with Gasteiger partial charge in [-0.25, -0.2) is 9.78 Å². The number of carbonyl (C=O) groups excluding carboxylic acids is 1. The van der Waals surface area contributed by atoms with Crippen molar-refractivity contribution in [2.45, 2.75) is 45.8 Å². The highest BCUT2D eigenvalue weighted by Crippen LogP contribution is 2.44. The third-order valence-corrected chi connectivity index (χ3v) is 6.78. The predicted octanol–water partition coefficient (Wildman–Crippen LogP) is 3.13. The number of aromatic nitrogens is 1. The van der Waals surface area contributed by atoms with Crippen LogP contribution < -0.4 is 10.6 Å². The summed E-state index contributed by atoms with van der Waals surface area (Å²) in [5.41, 5.74) is 8.92. The summed E-state index contributed by atoms with van der Waals surface area (Å²) in [4.78, 5) is 20.8. The minimum Gasteiger partial charge on any atom is -0.462 e. The van der Waals surface area contributed by atoms with Gasteiger partial charge < -0.3 is 24.8 Å². The number of fused-ring (bicyclic) bond motifs is 3. The molecule has 8 heteroatoms. The highest BCUT2D eigenvalue weighted by Gasteiger charge is 2.35. The number of ether oxygens (including phenoxy) is 3. The Hall–Kier alpha value is -1.90. The highest BCUT2D eigenvalue weighted by molar-refractivity contribution is 7.21. The van der Waals surface area contributed by atoms with Crippen LogP contribution in [0.3, 0.4) is 0 Å². The third kappa shape index (κ3) is 3.23. The molecule has 2 aliphatic heterocycles. The number of hydrogen-bond donors (Lipinski definition) is 1. The molecule has 0 amide bonds. The minimum absolute atomic E-state index is 0.248. The van der Waals surface area contributed by atoms with E-state index in [9.17, 15) is 4.79 Å². The molecule has 1 atom stereocenters. The van der Waals surface area contributed by atoms with Crippen molar-refractivity contribution in [3.63, 3.8) is 0 Å². The summed E-state index contributed by atoms with van der Waals surface area (Å²) >= 11 is 1.32. The largest absolute Gasteiger partial charge is 0.462 e. The first-order valence-corrected chi connectivity index (χ1v) is 10.7. The number of carbonyl (C=O) groups is 1. The third-order valence-electron chi connectivity index (χ3n) is 5.71. The second-order valence-corrected chi connectivity index (χ2v) is 8.51. The average Bonchev–Trinajstić information content (AvgIpc) is 3.05. The molecular weight excluding hydrogens is 378 g/mol. The number of nitrogen functional groups attached to an aromatic ring is 1. The summed E-state index contributed by atoms with van der Waals surface area (Å²) in [5.74, 6) is 0.551. The van der Waals surface area contributed by atoms with E-state index in [1.165, 1.54) is 11.3 Å². The van der Waals surface area contributed by atoms with E-state index in [1.54, 1.807) is 6.92 Å². The lowest BCUT2D eigenvalue weighted by Gasteiger charge is -2.37. The molecule has 152 valence electrons. The Labute approximate surface area is 168 Å². The Bertz CT molecular complexity index is 907. The lowest BCUT2D eigenvalue weighted by molar-refractivity contribution is -0.0558. The number of hydrogen-bond acceptors (Lipinski definition) is 8. The van der Waals surface area contributed by atoms with Crippen molar-refractivity contribution >= 4 is 39.0 Å². The highest BCUT2D eigenvalue weighted by atomic mass is 32.1. The summed E-state index contributed by atoms with van der Waals surface area (Å²) in [6.45, 7) is 9.83. The molecule has 2 N–H and O–H groups in total. The van der Waals surface area contributed by atoms with Gasteiger partial charge in [0, 0.05) is 30.5 Å². The predicted molar refractivity (Wildman–Crippen MR) is 110 cm³/mol. The monoisotopic (exact) mass is 405 g/mol. The molecule has 0 aromatic carbocycles. The van der Waals surface area contributed by atoms with E-state index in [0.29, 0.717) is 37.0 Å². The summed E-state index contributed by atoms with van der Waals surface area (Å²) in [6, 6.07) is 0. The van der Waals surface area contributed by atoms with Gasteiger partial charge in [-0.1, -0.05) is 6.92 Å². The van der Waals surface area contributed by atoms with Crippen LogP contribution in [-0.2, 0) is 27.2 Å². The number of esters is 1. The Morgan fingerprint density at radius 2 is 2.07 bits per heavy atom. The van der Waals surface area contributed by atoms with Crippen molar-refractivity contribution in [3.8, 4) is 0 Å². The van der Waals surface area contributed by atoms with Crippen LogP contribution in [0.25, 0.3) is 10.2 Å². The first kappa shape index (κ1) is 19.4. The van der Waals surface area contributed by atoms with E-state index in [1.807, 2.05) is 0 Å². The minimum atomic E-state index is -0.380. The topological polar surface area (TPSA) is 86.9 Å². The maximum Gasteiger partial charge on any atom is 0.350 e. The van der Waals surface area contributed by atoms with Gasteiger partial charge in [0.15, 0.2) is 0 Å². The van der Waals surface area contributed by atoms with Gasteiger partial charge in [0.25, 0.3) is 0 Å². The summed E-state index contributed by atoms with van der Waals surface area (Å²) in [6.07, 6.45) is 1.65. The normalized spacial score (nSPS) is 22.3. The van der Waals surface area contributed by atoms with Crippen LogP contribution in [0.4, 0.5) is 11.5 Å². The van der Waals surface area contributed by atoms with Crippen molar-refractivity contribution in [2.24, 2.45) is 0 Å². The zero-order chi connectivity index (χ0) is 19.9. The lowest BCUT2D eigenvalue weighted by Crippen LogP contribution is -2.40. The molecule has 0 aliphatic carbocycles. The van der Waals surface area contributed by atoms with Crippen molar-refractivity contribution in [3.05, 3.63) is 16.0 Å². The van der Waals surface area contributed by atoms with Crippen LogP contribution in [0, 0.1) is 0 Å². The van der Waals surface area contributed by atoms with Crippen LogP contribution >= 0.6 is 11.3 Å². The second-order valence-electron chi connectivity index (χ2n) is 7.51. The molecule has 0 spiro atoms. The van der Waals surface area contributed by atoms with E-state index < -0.39 is 0 Å². The van der Waals surface area contributed by atoms with Crippen LogP contribution in [0.1, 0.15) is 48.0 Å². The van der Waals surface area contributed by atoms with Gasteiger partial charge >= 0.3 is 5.97 Å². The summed E-state index contributed by atoms with van der Waals surface area (Å²) in [7, 11) is 0. The van der Waals surface area contributed by atoms with Gasteiger partial charge in [-0.15, -0.1) is 11.3 Å². The Kier molecular flexibility index (Phi) is 5.20. The van der Waals surface area contributed by atoms with Crippen LogP contribution in [-0.4, -0.2) is 49.5 Å². The fraction of sp³-hybridized carbons (Fsp3) is 0.600. The van der Waals surface area contributed by atoms with Crippen LogP contribution in [0.15, 0.2) is 0 Å². The van der Waals surface area contributed by atoms with E-state index in [-0.39, 0.29) is 11.6 Å². The number of anilines is 2. The quantitative estimate of drug-likeness (QED) is 0.782. The fourth-order valence-corrected chi connectivity index (χ4v) is 4.90. The molecule has 1 saturated heterocycles. The zero-order valence-electron chi connectivity index (χ0n) is 16.7. The van der Waals surface area contributed by atoms with Crippen LogP contribution in [0.2, 0.25) is 0 Å². The average molecular weight is 406 g/mol. The number of nitrogens with zero attached hydrogens (tertiary/aromatic N) is 2. The van der Waals surface area contributed by atoms with Crippen LogP contribution in [0.5, 0.6) is 0 Å². The number of rotatable bonds is 4. The van der Waals surface area contributed by atoms with Crippen molar-refractivity contribution in [2.75, 3.05) is 43.5 Å². The SMILES string of the molecule is CCOC(=O)c1sc2nc(N3CCOCC3)c3c(c2c1N)CC(C)(CC)OC3. The molecule has 1 fully saturated rings. The van der Waals surface area contributed by atoms with E-state index in [0.717, 1.165) is 53.1 Å². The molecule has 2 aliphatic rings. The lowest BCUT2D eigenvalue weighted by atomic mass is 9.87. The molecule has 0 saturated carbocycles. The number of thiophene rings is 1. The molecule has 2 aromatic heterocycles. The van der Waals surface area contributed by atoms with Crippen molar-refractivity contribution in [1.82, 2.24) is 4.98 Å². The molecule has 4 heterocycles. The molecule has 4 rings (SSSR count). The zero-order valence-corrected chi connectivity index (χ0v) is 17.5. The van der Waals surface area contributed by atoms with Crippen molar-refractivity contribution < 1.29 is 19.0 Å². The Balaban J connectivity index is 1.91. The maximum atomic E-state index is 12.4.